The van der Waals surface area contributed by atoms with Gasteiger partial charge in [-0.15, -0.1) is 0 Å². The molecule has 1 heterocycles. The molecule has 0 aromatic carbocycles. The zero-order valence-corrected chi connectivity index (χ0v) is 10.2. The predicted molar refractivity (Wildman–Crippen MR) is 66.9 cm³/mol. The number of nitrogens with zero attached hydrogens (tertiary/aromatic N) is 2. The first-order chi connectivity index (χ1) is 7.54. The number of hydrogen-bond acceptors (Lipinski definition) is 3. The van der Waals surface area contributed by atoms with Gasteiger partial charge in [-0.1, -0.05) is 12.2 Å². The van der Waals surface area contributed by atoms with Crippen LogP contribution in [0.4, 0.5) is 5.69 Å². The molecule has 1 aromatic rings. The maximum atomic E-state index is 11.1. The Balaban J connectivity index is 2.86. The summed E-state index contributed by atoms with van der Waals surface area (Å²) in [5.41, 5.74) is 2.64. The van der Waals surface area contributed by atoms with Crippen molar-refractivity contribution in [1.82, 2.24) is 4.98 Å². The Labute approximate surface area is 96.8 Å². The van der Waals surface area contributed by atoms with Gasteiger partial charge in [0.15, 0.2) is 5.78 Å². The van der Waals surface area contributed by atoms with Gasteiger partial charge in [-0.3, -0.25) is 9.78 Å². The van der Waals surface area contributed by atoms with Crippen LogP contribution in [0.1, 0.15) is 31.3 Å². The minimum Gasteiger partial charge on any atom is -0.367 e. The summed E-state index contributed by atoms with van der Waals surface area (Å²) in [6, 6.07) is 3.69. The number of rotatable bonds is 5. The highest BCUT2D eigenvalue weighted by Gasteiger charge is 2.06. The number of carbonyl (C=O) groups excluding carboxylic acids is 1. The van der Waals surface area contributed by atoms with Gasteiger partial charge in [-0.25, -0.2) is 0 Å². The summed E-state index contributed by atoms with van der Waals surface area (Å²) in [5.74, 6) is -0.00509. The van der Waals surface area contributed by atoms with Crippen LogP contribution in [0.5, 0.6) is 0 Å². The van der Waals surface area contributed by atoms with Gasteiger partial charge in [0.2, 0.25) is 0 Å². The first kappa shape index (κ1) is 12.4. The Hall–Kier alpha value is -1.64. The van der Waals surface area contributed by atoms with Crippen LogP contribution < -0.4 is 4.90 Å². The maximum Gasteiger partial charge on any atom is 0.178 e. The van der Waals surface area contributed by atoms with E-state index in [0.29, 0.717) is 5.69 Å². The highest BCUT2D eigenvalue weighted by molar-refractivity contribution is 5.92. The lowest BCUT2D eigenvalue weighted by Gasteiger charge is -2.22. The van der Waals surface area contributed by atoms with Crippen LogP contribution in [0.25, 0.3) is 0 Å². The lowest BCUT2D eigenvalue weighted by Crippen LogP contribution is -2.24. The largest absolute Gasteiger partial charge is 0.367 e. The molecule has 0 aliphatic carbocycles. The van der Waals surface area contributed by atoms with Crippen molar-refractivity contribution in [2.75, 3.05) is 18.0 Å². The van der Waals surface area contributed by atoms with E-state index < -0.39 is 0 Å². The molecular formula is C13H18N2O. The van der Waals surface area contributed by atoms with E-state index in [2.05, 4.69) is 23.4 Å². The van der Waals surface area contributed by atoms with Crippen molar-refractivity contribution in [3.8, 4) is 0 Å². The molecule has 0 aliphatic heterocycles. The van der Waals surface area contributed by atoms with Gasteiger partial charge >= 0.3 is 0 Å². The van der Waals surface area contributed by atoms with Crippen molar-refractivity contribution < 1.29 is 4.79 Å². The first-order valence-corrected chi connectivity index (χ1v) is 5.41. The Bertz CT molecular complexity index is 381. The second-order valence-electron chi connectivity index (χ2n) is 3.93. The number of aromatic nitrogens is 1. The Morgan fingerprint density at radius 2 is 2.12 bits per heavy atom. The summed E-state index contributed by atoms with van der Waals surface area (Å²) in [5, 5.41) is 0. The average Bonchev–Trinajstić information content (AvgIpc) is 2.25. The van der Waals surface area contributed by atoms with E-state index in [4.69, 9.17) is 0 Å². The maximum absolute atomic E-state index is 11.1. The molecule has 0 saturated carbocycles. The van der Waals surface area contributed by atoms with Gasteiger partial charge in [-0.05, 0) is 26.0 Å². The van der Waals surface area contributed by atoms with Gasteiger partial charge in [0, 0.05) is 20.0 Å². The van der Waals surface area contributed by atoms with Crippen molar-refractivity contribution in [3.63, 3.8) is 0 Å². The van der Waals surface area contributed by atoms with E-state index in [1.165, 1.54) is 6.92 Å². The molecular weight excluding hydrogens is 200 g/mol. The second-order valence-corrected chi connectivity index (χ2v) is 3.93. The van der Waals surface area contributed by atoms with Crippen molar-refractivity contribution in [2.24, 2.45) is 0 Å². The van der Waals surface area contributed by atoms with Crippen LogP contribution in [0, 0.1) is 0 Å². The number of Topliss-reactive ketones (excluding diaryl/α,β-unsaturated/α-hetero) is 1. The van der Waals surface area contributed by atoms with Crippen LogP contribution in [0.3, 0.4) is 0 Å². The van der Waals surface area contributed by atoms with Gasteiger partial charge in [0.1, 0.15) is 5.69 Å². The summed E-state index contributed by atoms with van der Waals surface area (Å²) in [6.45, 7) is 11.2. The van der Waals surface area contributed by atoms with Crippen LogP contribution in [-0.2, 0) is 0 Å². The molecule has 0 fully saturated rings. The Morgan fingerprint density at radius 3 is 2.50 bits per heavy atom. The zero-order chi connectivity index (χ0) is 12.1. The van der Waals surface area contributed by atoms with E-state index >= 15 is 0 Å². The molecule has 16 heavy (non-hydrogen) atoms. The standard InChI is InChI=1S/C13H18N2O/c1-5-15(9-10(2)3)12-6-7-13(11(4)16)14-8-12/h6-8H,2,5,9H2,1,3-4H3. The fourth-order valence-corrected chi connectivity index (χ4v) is 1.49. The molecule has 0 atom stereocenters. The predicted octanol–water partition coefficient (Wildman–Crippen LogP) is 2.69. The fourth-order valence-electron chi connectivity index (χ4n) is 1.49. The van der Waals surface area contributed by atoms with Crippen molar-refractivity contribution in [3.05, 3.63) is 36.2 Å². The van der Waals surface area contributed by atoms with Gasteiger partial charge < -0.3 is 4.90 Å². The van der Waals surface area contributed by atoms with Crippen LogP contribution in [-0.4, -0.2) is 23.9 Å². The van der Waals surface area contributed by atoms with Gasteiger partial charge in [0.25, 0.3) is 0 Å². The molecule has 0 spiro atoms. The molecule has 1 rings (SSSR count). The summed E-state index contributed by atoms with van der Waals surface area (Å²) in [4.78, 5) is 17.4. The monoisotopic (exact) mass is 218 g/mol. The number of anilines is 1. The third-order valence-electron chi connectivity index (χ3n) is 2.32. The molecule has 0 amide bonds. The van der Waals surface area contributed by atoms with Crippen molar-refractivity contribution >= 4 is 11.5 Å². The van der Waals surface area contributed by atoms with Crippen LogP contribution >= 0.6 is 0 Å². The van der Waals surface area contributed by atoms with E-state index in [1.54, 1.807) is 12.3 Å². The van der Waals surface area contributed by atoms with Crippen LogP contribution in [0.15, 0.2) is 30.5 Å². The SMILES string of the molecule is C=C(C)CN(CC)c1ccc(C(C)=O)nc1. The number of likely N-dealkylation sites (N-methyl/N-ethyl adjacent to an activating group) is 1. The van der Waals surface area contributed by atoms with E-state index in [9.17, 15) is 4.79 Å². The van der Waals surface area contributed by atoms with Gasteiger partial charge in [-0.2, -0.15) is 0 Å². The summed E-state index contributed by atoms with van der Waals surface area (Å²) < 4.78 is 0. The number of hydrogen-bond donors (Lipinski definition) is 0. The van der Waals surface area contributed by atoms with E-state index in [0.717, 1.165) is 24.4 Å². The van der Waals surface area contributed by atoms with E-state index in [1.807, 2.05) is 13.0 Å². The lowest BCUT2D eigenvalue weighted by molar-refractivity contribution is 0.101. The molecule has 86 valence electrons. The van der Waals surface area contributed by atoms with E-state index in [-0.39, 0.29) is 5.78 Å². The molecule has 0 bridgehead atoms. The van der Waals surface area contributed by atoms with Crippen molar-refractivity contribution in [2.45, 2.75) is 20.8 Å². The molecule has 1 aromatic heterocycles. The highest BCUT2D eigenvalue weighted by atomic mass is 16.1. The zero-order valence-electron chi connectivity index (χ0n) is 10.2. The molecule has 3 heteroatoms. The third-order valence-corrected chi connectivity index (χ3v) is 2.32. The normalized spacial score (nSPS) is 9.94. The quantitative estimate of drug-likeness (QED) is 0.562. The molecule has 0 radical (unpaired) electrons. The minimum atomic E-state index is -0.00509. The summed E-state index contributed by atoms with van der Waals surface area (Å²) in [6.07, 6.45) is 1.74. The van der Waals surface area contributed by atoms with Crippen LogP contribution in [0.2, 0.25) is 0 Å². The smallest absolute Gasteiger partial charge is 0.178 e. The highest BCUT2D eigenvalue weighted by Crippen LogP contribution is 2.14. The summed E-state index contributed by atoms with van der Waals surface area (Å²) in [7, 11) is 0. The first-order valence-electron chi connectivity index (χ1n) is 5.41. The second kappa shape index (κ2) is 5.45. The average molecular weight is 218 g/mol. The fraction of sp³-hybridized carbons (Fsp3) is 0.385. The Morgan fingerprint density at radius 1 is 1.44 bits per heavy atom. The van der Waals surface area contributed by atoms with Gasteiger partial charge in [0.05, 0.1) is 11.9 Å². The molecule has 0 aliphatic rings. The minimum absolute atomic E-state index is 0.00509. The topological polar surface area (TPSA) is 33.2 Å². The lowest BCUT2D eigenvalue weighted by atomic mass is 10.2. The molecule has 0 N–H and O–H groups in total. The molecule has 3 nitrogen and oxygen atoms in total. The molecule has 0 saturated heterocycles. The third kappa shape index (κ3) is 3.19. The summed E-state index contributed by atoms with van der Waals surface area (Å²) >= 11 is 0. The van der Waals surface area contributed by atoms with Crippen molar-refractivity contribution in [1.29, 1.82) is 0 Å². The Kier molecular flexibility index (Phi) is 4.23. The number of pyridine rings is 1. The molecule has 0 unspecified atom stereocenters. The number of carbonyl (C=O) groups is 1. The number of ketones is 1.